The third-order valence-electron chi connectivity index (χ3n) is 1.76. The van der Waals surface area contributed by atoms with Gasteiger partial charge < -0.3 is 5.32 Å². The number of hydrogen-bond donors (Lipinski definition) is 1. The highest BCUT2D eigenvalue weighted by atomic mass is 127. The van der Waals surface area contributed by atoms with Gasteiger partial charge in [0.25, 0.3) is 0 Å². The predicted molar refractivity (Wildman–Crippen MR) is 79.4 cm³/mol. The molecule has 0 aliphatic rings. The van der Waals surface area contributed by atoms with E-state index in [1.165, 1.54) is 6.08 Å². The molecule has 0 radical (unpaired) electrons. The second-order valence-corrected chi connectivity index (χ2v) is 4.99. The van der Waals surface area contributed by atoms with Crippen molar-refractivity contribution >= 4 is 50.1 Å². The molecule has 0 saturated carbocycles. The molecule has 4 heteroatoms. The number of carbonyl (C=O) groups excluding carboxylic acids is 1. The summed E-state index contributed by atoms with van der Waals surface area (Å²) < 4.78 is 1.88. The summed E-state index contributed by atoms with van der Waals surface area (Å²) in [5, 5.41) is 2.82. The van der Waals surface area contributed by atoms with E-state index in [4.69, 9.17) is 0 Å². The van der Waals surface area contributed by atoms with E-state index >= 15 is 0 Å². The standard InChI is InChI=1S/C12H11BrINO/c1-2-3-4-8-11(16)15-12-9(13)6-5-7-10(12)14/h2-8H,1H3,(H,15,16)/b3-2+,8-4+. The highest BCUT2D eigenvalue weighted by Crippen LogP contribution is 2.27. The summed E-state index contributed by atoms with van der Waals surface area (Å²) in [6, 6.07) is 5.77. The van der Waals surface area contributed by atoms with E-state index in [1.54, 1.807) is 6.08 Å². The summed E-state index contributed by atoms with van der Waals surface area (Å²) >= 11 is 5.58. The Morgan fingerprint density at radius 2 is 2.19 bits per heavy atom. The first kappa shape index (κ1) is 13.4. The van der Waals surface area contributed by atoms with Crippen molar-refractivity contribution in [3.63, 3.8) is 0 Å². The first-order chi connectivity index (χ1) is 7.65. The van der Waals surface area contributed by atoms with Crippen molar-refractivity contribution < 1.29 is 4.79 Å². The molecule has 0 fully saturated rings. The second-order valence-electron chi connectivity index (χ2n) is 2.97. The van der Waals surface area contributed by atoms with Crippen molar-refractivity contribution in [2.45, 2.75) is 6.92 Å². The Labute approximate surface area is 117 Å². The van der Waals surface area contributed by atoms with Gasteiger partial charge in [0.05, 0.1) is 5.69 Å². The van der Waals surface area contributed by atoms with Crippen LogP contribution in [-0.2, 0) is 4.79 Å². The summed E-state index contributed by atoms with van der Waals surface area (Å²) in [4.78, 5) is 11.5. The summed E-state index contributed by atoms with van der Waals surface area (Å²) in [5.41, 5.74) is 0.804. The Morgan fingerprint density at radius 3 is 2.81 bits per heavy atom. The molecule has 16 heavy (non-hydrogen) atoms. The number of benzene rings is 1. The zero-order chi connectivity index (χ0) is 12.0. The largest absolute Gasteiger partial charge is 0.321 e. The first-order valence-electron chi connectivity index (χ1n) is 4.69. The molecule has 1 N–H and O–H groups in total. The van der Waals surface area contributed by atoms with Gasteiger partial charge in [-0.1, -0.05) is 24.3 Å². The quantitative estimate of drug-likeness (QED) is 0.468. The van der Waals surface area contributed by atoms with Gasteiger partial charge in [0.15, 0.2) is 0 Å². The topological polar surface area (TPSA) is 29.1 Å². The van der Waals surface area contributed by atoms with E-state index in [-0.39, 0.29) is 5.91 Å². The van der Waals surface area contributed by atoms with Gasteiger partial charge in [-0.05, 0) is 57.6 Å². The van der Waals surface area contributed by atoms with Gasteiger partial charge in [0.2, 0.25) is 5.91 Å². The molecule has 2 nitrogen and oxygen atoms in total. The molecule has 0 unspecified atom stereocenters. The molecule has 1 rings (SSSR count). The van der Waals surface area contributed by atoms with Gasteiger partial charge >= 0.3 is 0 Å². The monoisotopic (exact) mass is 391 g/mol. The van der Waals surface area contributed by atoms with E-state index in [1.807, 2.05) is 37.3 Å². The van der Waals surface area contributed by atoms with Crippen LogP contribution in [0.1, 0.15) is 6.92 Å². The second kappa shape index (κ2) is 6.85. The molecule has 0 aromatic heterocycles. The van der Waals surface area contributed by atoms with E-state index < -0.39 is 0 Å². The van der Waals surface area contributed by atoms with Crippen LogP contribution < -0.4 is 5.32 Å². The molecule has 0 spiro atoms. The minimum Gasteiger partial charge on any atom is -0.321 e. The van der Waals surface area contributed by atoms with Crippen LogP contribution in [-0.4, -0.2) is 5.91 Å². The Hall–Kier alpha value is -0.620. The molecule has 0 aliphatic heterocycles. The van der Waals surface area contributed by atoms with Crippen LogP contribution in [0.3, 0.4) is 0 Å². The number of halogens is 2. The van der Waals surface area contributed by atoms with Crippen molar-refractivity contribution in [3.8, 4) is 0 Å². The van der Waals surface area contributed by atoms with E-state index in [0.717, 1.165) is 13.7 Å². The number of hydrogen-bond acceptors (Lipinski definition) is 1. The summed E-state index contributed by atoms with van der Waals surface area (Å²) in [6.07, 6.45) is 6.88. The van der Waals surface area contributed by atoms with Crippen molar-refractivity contribution in [1.82, 2.24) is 0 Å². The van der Waals surface area contributed by atoms with Gasteiger partial charge in [0.1, 0.15) is 0 Å². The van der Waals surface area contributed by atoms with Gasteiger partial charge in [0, 0.05) is 14.1 Å². The van der Waals surface area contributed by atoms with Crippen molar-refractivity contribution in [3.05, 3.63) is 50.5 Å². The van der Waals surface area contributed by atoms with Crippen molar-refractivity contribution in [2.75, 3.05) is 5.32 Å². The summed E-state index contributed by atoms with van der Waals surface area (Å²) in [7, 11) is 0. The Kier molecular flexibility index (Phi) is 5.76. The lowest BCUT2D eigenvalue weighted by atomic mass is 10.3. The summed E-state index contributed by atoms with van der Waals surface area (Å²) in [6.45, 7) is 1.90. The van der Waals surface area contributed by atoms with Gasteiger partial charge in [-0.3, -0.25) is 4.79 Å². The first-order valence-corrected chi connectivity index (χ1v) is 6.56. The average molecular weight is 392 g/mol. The van der Waals surface area contributed by atoms with Crippen LogP contribution in [0.2, 0.25) is 0 Å². The number of nitrogens with one attached hydrogen (secondary N) is 1. The molecule has 0 heterocycles. The van der Waals surface area contributed by atoms with Gasteiger partial charge in [-0.25, -0.2) is 0 Å². The number of anilines is 1. The Morgan fingerprint density at radius 1 is 1.44 bits per heavy atom. The summed E-state index contributed by atoms with van der Waals surface area (Å²) in [5.74, 6) is -0.136. The Balaban J connectivity index is 2.77. The average Bonchev–Trinajstić information content (AvgIpc) is 2.24. The van der Waals surface area contributed by atoms with Crippen LogP contribution in [0, 0.1) is 3.57 Å². The normalized spacial score (nSPS) is 11.2. The Bertz CT molecular complexity index is 420. The van der Waals surface area contributed by atoms with E-state index in [2.05, 4.69) is 43.8 Å². The number of amides is 1. The lowest BCUT2D eigenvalue weighted by Gasteiger charge is -2.07. The minimum absolute atomic E-state index is 0.136. The number of rotatable bonds is 3. The molecule has 0 aliphatic carbocycles. The van der Waals surface area contributed by atoms with Crippen LogP contribution in [0.5, 0.6) is 0 Å². The molecule has 0 bridgehead atoms. The smallest absolute Gasteiger partial charge is 0.248 e. The molecule has 0 atom stereocenters. The van der Waals surface area contributed by atoms with Gasteiger partial charge in [-0.2, -0.15) is 0 Å². The SMILES string of the molecule is C/C=C/C=C/C(=O)Nc1c(Br)cccc1I. The molecular weight excluding hydrogens is 381 g/mol. The highest BCUT2D eigenvalue weighted by Gasteiger charge is 2.05. The third-order valence-corrected chi connectivity index (χ3v) is 3.32. The fraction of sp³-hybridized carbons (Fsp3) is 0.0833. The molecule has 84 valence electrons. The zero-order valence-electron chi connectivity index (χ0n) is 8.71. The lowest BCUT2D eigenvalue weighted by molar-refractivity contribution is -0.111. The van der Waals surface area contributed by atoms with E-state index in [9.17, 15) is 4.79 Å². The zero-order valence-corrected chi connectivity index (χ0v) is 12.4. The molecule has 1 aromatic rings. The van der Waals surface area contributed by atoms with Crippen LogP contribution >= 0.6 is 38.5 Å². The highest BCUT2D eigenvalue weighted by molar-refractivity contribution is 14.1. The van der Waals surface area contributed by atoms with Crippen molar-refractivity contribution in [2.24, 2.45) is 0 Å². The number of carbonyl (C=O) groups is 1. The lowest BCUT2D eigenvalue weighted by Crippen LogP contribution is -2.09. The predicted octanol–water partition coefficient (Wildman–Crippen LogP) is 4.12. The van der Waals surface area contributed by atoms with Gasteiger partial charge in [-0.15, -0.1) is 0 Å². The van der Waals surface area contributed by atoms with Crippen LogP contribution in [0.4, 0.5) is 5.69 Å². The fourth-order valence-electron chi connectivity index (χ4n) is 1.04. The van der Waals surface area contributed by atoms with Crippen molar-refractivity contribution in [1.29, 1.82) is 0 Å². The molecular formula is C12H11BrINO. The molecule has 1 amide bonds. The van der Waals surface area contributed by atoms with E-state index in [0.29, 0.717) is 0 Å². The number of para-hydroxylation sites is 1. The molecule has 0 saturated heterocycles. The maximum Gasteiger partial charge on any atom is 0.248 e. The maximum atomic E-state index is 11.5. The molecule has 1 aromatic carbocycles. The fourth-order valence-corrected chi connectivity index (χ4v) is 2.51. The minimum atomic E-state index is -0.136. The maximum absolute atomic E-state index is 11.5. The third kappa shape index (κ3) is 4.09. The van der Waals surface area contributed by atoms with Crippen LogP contribution in [0.25, 0.3) is 0 Å². The number of allylic oxidation sites excluding steroid dienone is 3. The van der Waals surface area contributed by atoms with Crippen LogP contribution in [0.15, 0.2) is 47.0 Å².